The van der Waals surface area contributed by atoms with Gasteiger partial charge in [-0.25, -0.2) is 4.79 Å². The lowest BCUT2D eigenvalue weighted by Crippen LogP contribution is -2.52. The van der Waals surface area contributed by atoms with Crippen molar-refractivity contribution in [3.8, 4) is 5.75 Å². The Labute approximate surface area is 153 Å². The largest absolute Gasteiger partial charge is 0.497 e. The zero-order chi connectivity index (χ0) is 19.2. The number of nitrogens with one attached hydrogen (secondary N) is 2. The molecule has 0 aromatic heterocycles. The highest BCUT2D eigenvalue weighted by Gasteiger charge is 2.30. The van der Waals surface area contributed by atoms with E-state index < -0.39 is 11.6 Å². The number of methoxy groups -OCH3 is 1. The van der Waals surface area contributed by atoms with E-state index in [1.165, 1.54) is 0 Å². The van der Waals surface area contributed by atoms with Crippen LogP contribution in [0.2, 0.25) is 0 Å². The van der Waals surface area contributed by atoms with E-state index in [0.29, 0.717) is 11.4 Å². The van der Waals surface area contributed by atoms with Gasteiger partial charge in [0.25, 0.3) is 0 Å². The normalized spacial score (nSPS) is 10.8. The number of carbonyl (C=O) groups is 2. The van der Waals surface area contributed by atoms with Crippen LogP contribution in [0.5, 0.6) is 5.75 Å². The molecule has 0 aliphatic heterocycles. The van der Waals surface area contributed by atoms with Crippen LogP contribution in [0.15, 0.2) is 48.5 Å². The van der Waals surface area contributed by atoms with Crippen molar-refractivity contribution in [1.82, 2.24) is 5.32 Å². The monoisotopic (exact) mass is 356 g/mol. The van der Waals surface area contributed by atoms with Gasteiger partial charge in [0, 0.05) is 5.69 Å². The third kappa shape index (κ3) is 5.24. The smallest absolute Gasteiger partial charge is 0.408 e. The van der Waals surface area contributed by atoms with Crippen molar-refractivity contribution in [3.05, 3.63) is 59.7 Å². The van der Waals surface area contributed by atoms with Gasteiger partial charge >= 0.3 is 6.09 Å². The molecule has 0 fully saturated rings. The summed E-state index contributed by atoms with van der Waals surface area (Å²) < 4.78 is 10.3. The quantitative estimate of drug-likeness (QED) is 0.828. The van der Waals surface area contributed by atoms with Crippen molar-refractivity contribution in [2.24, 2.45) is 0 Å². The van der Waals surface area contributed by atoms with Crippen molar-refractivity contribution in [3.63, 3.8) is 0 Å². The molecule has 0 spiro atoms. The molecule has 2 aromatic rings. The Balaban J connectivity index is 1.93. The van der Waals surface area contributed by atoms with E-state index in [9.17, 15) is 9.59 Å². The lowest BCUT2D eigenvalue weighted by Gasteiger charge is -2.25. The average Bonchev–Trinajstić information content (AvgIpc) is 2.62. The summed E-state index contributed by atoms with van der Waals surface area (Å²) >= 11 is 0. The molecule has 0 aliphatic rings. The highest BCUT2D eigenvalue weighted by atomic mass is 16.5. The van der Waals surface area contributed by atoms with Crippen LogP contribution in [0.25, 0.3) is 0 Å². The molecule has 0 atom stereocenters. The molecule has 6 nitrogen and oxygen atoms in total. The van der Waals surface area contributed by atoms with Gasteiger partial charge in [-0.05, 0) is 50.1 Å². The van der Waals surface area contributed by atoms with Gasteiger partial charge in [-0.3, -0.25) is 4.79 Å². The fraction of sp³-hybridized carbons (Fsp3) is 0.300. The molecule has 2 rings (SSSR count). The number of aryl methyl sites for hydroxylation is 1. The van der Waals surface area contributed by atoms with Crippen molar-refractivity contribution in [1.29, 1.82) is 0 Å². The first-order valence-electron chi connectivity index (χ1n) is 8.27. The van der Waals surface area contributed by atoms with E-state index in [4.69, 9.17) is 9.47 Å². The first kappa shape index (κ1) is 19.3. The number of hydrogen-bond acceptors (Lipinski definition) is 4. The van der Waals surface area contributed by atoms with E-state index in [1.54, 1.807) is 33.1 Å². The van der Waals surface area contributed by atoms with Crippen LogP contribution in [-0.2, 0) is 16.1 Å². The lowest BCUT2D eigenvalue weighted by atomic mass is 10.0. The number of rotatable bonds is 6. The molecule has 2 aromatic carbocycles. The summed E-state index contributed by atoms with van der Waals surface area (Å²) in [6, 6.07) is 14.7. The van der Waals surface area contributed by atoms with Crippen LogP contribution < -0.4 is 15.4 Å². The third-order valence-electron chi connectivity index (χ3n) is 3.88. The van der Waals surface area contributed by atoms with Gasteiger partial charge in [0.05, 0.1) is 7.11 Å². The summed E-state index contributed by atoms with van der Waals surface area (Å²) in [5, 5.41) is 5.41. The highest BCUT2D eigenvalue weighted by Crippen LogP contribution is 2.22. The molecule has 0 bridgehead atoms. The van der Waals surface area contributed by atoms with Gasteiger partial charge in [0.1, 0.15) is 17.9 Å². The van der Waals surface area contributed by atoms with Crippen molar-refractivity contribution >= 4 is 17.7 Å². The maximum absolute atomic E-state index is 12.5. The number of alkyl carbamates (subject to hydrolysis) is 1. The van der Waals surface area contributed by atoms with Crippen molar-refractivity contribution in [2.45, 2.75) is 32.9 Å². The minimum atomic E-state index is -1.14. The highest BCUT2D eigenvalue weighted by molar-refractivity contribution is 5.99. The SMILES string of the molecule is COc1ccc(NC(=O)C(C)(C)NC(=O)OCc2ccccc2)c(C)c1. The van der Waals surface area contributed by atoms with Gasteiger partial charge in [-0.15, -0.1) is 0 Å². The Bertz CT molecular complexity index is 773. The summed E-state index contributed by atoms with van der Waals surface area (Å²) in [4.78, 5) is 24.5. The first-order valence-corrected chi connectivity index (χ1v) is 8.27. The van der Waals surface area contributed by atoms with E-state index in [-0.39, 0.29) is 12.5 Å². The third-order valence-corrected chi connectivity index (χ3v) is 3.88. The molecule has 0 heterocycles. The van der Waals surface area contributed by atoms with Gasteiger partial charge in [-0.2, -0.15) is 0 Å². The van der Waals surface area contributed by atoms with Crippen LogP contribution in [0.1, 0.15) is 25.0 Å². The van der Waals surface area contributed by atoms with Gasteiger partial charge in [0.15, 0.2) is 0 Å². The fourth-order valence-electron chi connectivity index (χ4n) is 2.25. The number of benzene rings is 2. The van der Waals surface area contributed by atoms with E-state index in [2.05, 4.69) is 10.6 Å². The number of hydrogen-bond donors (Lipinski definition) is 2. The molecule has 2 N–H and O–H groups in total. The topological polar surface area (TPSA) is 76.7 Å². The molecular weight excluding hydrogens is 332 g/mol. The Morgan fingerprint density at radius 1 is 1.08 bits per heavy atom. The van der Waals surface area contributed by atoms with E-state index in [1.807, 2.05) is 43.3 Å². The predicted octanol–water partition coefficient (Wildman–Crippen LogP) is 3.65. The summed E-state index contributed by atoms with van der Waals surface area (Å²) in [6.07, 6.45) is -0.652. The molecule has 6 heteroatoms. The Morgan fingerprint density at radius 2 is 1.77 bits per heavy atom. The van der Waals surface area contributed by atoms with E-state index >= 15 is 0 Å². The predicted molar refractivity (Wildman–Crippen MR) is 100 cm³/mol. The molecule has 138 valence electrons. The van der Waals surface area contributed by atoms with Crippen LogP contribution in [0.3, 0.4) is 0 Å². The average molecular weight is 356 g/mol. The van der Waals surface area contributed by atoms with Crippen LogP contribution >= 0.6 is 0 Å². The van der Waals surface area contributed by atoms with Crippen molar-refractivity contribution in [2.75, 3.05) is 12.4 Å². The van der Waals surface area contributed by atoms with Crippen LogP contribution in [0, 0.1) is 6.92 Å². The molecule has 0 saturated heterocycles. The van der Waals surface area contributed by atoms with Gasteiger partial charge in [0.2, 0.25) is 5.91 Å². The van der Waals surface area contributed by atoms with Crippen LogP contribution in [-0.4, -0.2) is 24.6 Å². The maximum Gasteiger partial charge on any atom is 0.408 e. The molecule has 0 saturated carbocycles. The summed E-state index contributed by atoms with van der Waals surface area (Å²) in [5.74, 6) is 0.366. The van der Waals surface area contributed by atoms with E-state index in [0.717, 1.165) is 11.1 Å². The molecule has 2 amide bonds. The molecular formula is C20H24N2O4. The first-order chi connectivity index (χ1) is 12.3. The van der Waals surface area contributed by atoms with Gasteiger partial charge < -0.3 is 20.1 Å². The second-order valence-corrected chi connectivity index (χ2v) is 6.45. The minimum Gasteiger partial charge on any atom is -0.497 e. The second-order valence-electron chi connectivity index (χ2n) is 6.45. The summed E-state index contributed by atoms with van der Waals surface area (Å²) in [6.45, 7) is 5.24. The fourth-order valence-corrected chi connectivity index (χ4v) is 2.25. The molecule has 0 unspecified atom stereocenters. The zero-order valence-corrected chi connectivity index (χ0v) is 15.5. The van der Waals surface area contributed by atoms with Crippen molar-refractivity contribution < 1.29 is 19.1 Å². The lowest BCUT2D eigenvalue weighted by molar-refractivity contribution is -0.121. The number of carbonyl (C=O) groups excluding carboxylic acids is 2. The standard InChI is InChI=1S/C20H24N2O4/c1-14-12-16(25-4)10-11-17(14)21-18(23)20(2,3)22-19(24)26-13-15-8-6-5-7-9-15/h5-12H,13H2,1-4H3,(H,21,23)(H,22,24). The minimum absolute atomic E-state index is 0.141. The Hall–Kier alpha value is -3.02. The van der Waals surface area contributed by atoms with Crippen LogP contribution in [0.4, 0.5) is 10.5 Å². The summed E-state index contributed by atoms with van der Waals surface area (Å²) in [5.41, 5.74) is 1.25. The molecule has 0 radical (unpaired) electrons. The molecule has 0 aliphatic carbocycles. The Kier molecular flexibility index (Phi) is 6.22. The zero-order valence-electron chi connectivity index (χ0n) is 15.5. The van der Waals surface area contributed by atoms with Gasteiger partial charge in [-0.1, -0.05) is 30.3 Å². The summed E-state index contributed by atoms with van der Waals surface area (Å²) in [7, 11) is 1.58. The number of anilines is 1. The number of amides is 2. The maximum atomic E-state index is 12.5. The molecule has 26 heavy (non-hydrogen) atoms. The Morgan fingerprint density at radius 3 is 2.38 bits per heavy atom. The number of ether oxygens (including phenoxy) is 2. The second kappa shape index (κ2) is 8.38.